The monoisotopic (exact) mass is 285 g/mol. The lowest BCUT2D eigenvalue weighted by Gasteiger charge is -2.09. The number of nitrogens with zero attached hydrogens (tertiary/aromatic N) is 3. The SMILES string of the molecule is Cc1nnc(Cl)n1-c1cccc(Oc2ccccc2)c1. The van der Waals surface area contributed by atoms with Gasteiger partial charge in [0.05, 0.1) is 5.69 Å². The fraction of sp³-hybridized carbons (Fsp3) is 0.0667. The number of aromatic nitrogens is 3. The summed E-state index contributed by atoms with van der Waals surface area (Å²) >= 11 is 6.04. The topological polar surface area (TPSA) is 39.9 Å². The second-order valence-electron chi connectivity index (χ2n) is 4.26. The highest BCUT2D eigenvalue weighted by Gasteiger charge is 2.09. The average molecular weight is 286 g/mol. The molecule has 0 bridgehead atoms. The van der Waals surface area contributed by atoms with Gasteiger partial charge in [0.2, 0.25) is 5.28 Å². The van der Waals surface area contributed by atoms with E-state index in [1.807, 2.05) is 61.5 Å². The standard InChI is InChI=1S/C15H12ClN3O/c1-11-17-18-15(16)19(11)12-6-5-9-14(10-12)20-13-7-3-2-4-8-13/h2-10H,1H3. The van der Waals surface area contributed by atoms with Gasteiger partial charge in [-0.05, 0) is 42.8 Å². The molecule has 1 aromatic heterocycles. The van der Waals surface area contributed by atoms with E-state index in [0.717, 1.165) is 23.0 Å². The van der Waals surface area contributed by atoms with Crippen molar-refractivity contribution in [2.24, 2.45) is 0 Å². The predicted octanol–water partition coefficient (Wildman–Crippen LogP) is 4.02. The highest BCUT2D eigenvalue weighted by molar-refractivity contribution is 6.28. The molecule has 0 saturated carbocycles. The third-order valence-electron chi connectivity index (χ3n) is 2.84. The minimum atomic E-state index is 0.333. The Kier molecular flexibility index (Phi) is 3.39. The lowest BCUT2D eigenvalue weighted by Crippen LogP contribution is -1.97. The maximum absolute atomic E-state index is 6.04. The molecular formula is C15H12ClN3O. The van der Waals surface area contributed by atoms with E-state index < -0.39 is 0 Å². The zero-order valence-electron chi connectivity index (χ0n) is 10.8. The average Bonchev–Trinajstić information content (AvgIpc) is 2.80. The quantitative estimate of drug-likeness (QED) is 0.729. The van der Waals surface area contributed by atoms with Gasteiger partial charge in [-0.1, -0.05) is 24.3 Å². The largest absolute Gasteiger partial charge is 0.457 e. The van der Waals surface area contributed by atoms with Crippen molar-refractivity contribution in [3.8, 4) is 17.2 Å². The number of halogens is 1. The molecule has 0 aliphatic rings. The second-order valence-corrected chi connectivity index (χ2v) is 4.60. The molecule has 3 rings (SSSR count). The van der Waals surface area contributed by atoms with Crippen LogP contribution >= 0.6 is 11.6 Å². The van der Waals surface area contributed by atoms with E-state index in [2.05, 4.69) is 10.2 Å². The lowest BCUT2D eigenvalue weighted by atomic mass is 10.3. The summed E-state index contributed by atoms with van der Waals surface area (Å²) in [6.07, 6.45) is 0. The second kappa shape index (κ2) is 5.35. The first-order chi connectivity index (χ1) is 9.74. The van der Waals surface area contributed by atoms with Gasteiger partial charge in [-0.3, -0.25) is 4.57 Å². The molecule has 0 amide bonds. The maximum Gasteiger partial charge on any atom is 0.229 e. The van der Waals surface area contributed by atoms with Crippen LogP contribution in [-0.2, 0) is 0 Å². The Morgan fingerprint density at radius 1 is 0.950 bits per heavy atom. The summed E-state index contributed by atoms with van der Waals surface area (Å²) < 4.78 is 7.56. The van der Waals surface area contributed by atoms with Crippen LogP contribution in [0.4, 0.5) is 0 Å². The van der Waals surface area contributed by atoms with Crippen LogP contribution in [0.15, 0.2) is 54.6 Å². The molecule has 100 valence electrons. The van der Waals surface area contributed by atoms with Crippen molar-refractivity contribution in [3.63, 3.8) is 0 Å². The van der Waals surface area contributed by atoms with Crippen LogP contribution in [0.2, 0.25) is 5.28 Å². The zero-order valence-corrected chi connectivity index (χ0v) is 11.6. The molecule has 0 N–H and O–H groups in total. The van der Waals surface area contributed by atoms with E-state index in [9.17, 15) is 0 Å². The van der Waals surface area contributed by atoms with E-state index in [4.69, 9.17) is 16.3 Å². The van der Waals surface area contributed by atoms with Gasteiger partial charge in [0.15, 0.2) is 0 Å². The number of hydrogen-bond donors (Lipinski definition) is 0. The molecular weight excluding hydrogens is 274 g/mol. The highest BCUT2D eigenvalue weighted by Crippen LogP contribution is 2.25. The molecule has 20 heavy (non-hydrogen) atoms. The van der Waals surface area contributed by atoms with Crippen LogP contribution in [0.5, 0.6) is 11.5 Å². The van der Waals surface area contributed by atoms with Crippen molar-refractivity contribution in [1.29, 1.82) is 0 Å². The Bertz CT molecular complexity index is 705. The fourth-order valence-electron chi connectivity index (χ4n) is 1.94. The molecule has 0 atom stereocenters. The Morgan fingerprint density at radius 3 is 2.40 bits per heavy atom. The summed E-state index contributed by atoms with van der Waals surface area (Å²) in [7, 11) is 0. The van der Waals surface area contributed by atoms with Gasteiger partial charge in [-0.25, -0.2) is 0 Å². The molecule has 2 aromatic carbocycles. The van der Waals surface area contributed by atoms with Gasteiger partial charge in [0, 0.05) is 6.07 Å². The molecule has 0 unspecified atom stereocenters. The summed E-state index contributed by atoms with van der Waals surface area (Å²) in [6.45, 7) is 1.85. The molecule has 5 heteroatoms. The molecule has 0 aliphatic heterocycles. The maximum atomic E-state index is 6.04. The van der Waals surface area contributed by atoms with Gasteiger partial charge in [-0.2, -0.15) is 0 Å². The number of aryl methyl sites for hydroxylation is 1. The summed E-state index contributed by atoms with van der Waals surface area (Å²) in [6, 6.07) is 17.2. The number of hydrogen-bond acceptors (Lipinski definition) is 3. The molecule has 1 heterocycles. The molecule has 0 spiro atoms. The first-order valence-corrected chi connectivity index (χ1v) is 6.53. The number of para-hydroxylation sites is 1. The van der Waals surface area contributed by atoms with E-state index in [1.165, 1.54) is 0 Å². The van der Waals surface area contributed by atoms with Crippen molar-refractivity contribution < 1.29 is 4.74 Å². The molecule has 0 aliphatic carbocycles. The van der Waals surface area contributed by atoms with Crippen LogP contribution in [0.25, 0.3) is 5.69 Å². The van der Waals surface area contributed by atoms with Crippen LogP contribution < -0.4 is 4.74 Å². The van der Waals surface area contributed by atoms with Gasteiger partial charge < -0.3 is 4.74 Å². The van der Waals surface area contributed by atoms with E-state index >= 15 is 0 Å². The Morgan fingerprint density at radius 2 is 1.70 bits per heavy atom. The number of benzene rings is 2. The Labute approximate surface area is 121 Å². The Balaban J connectivity index is 1.94. The fourth-order valence-corrected chi connectivity index (χ4v) is 2.20. The predicted molar refractivity (Wildman–Crippen MR) is 77.6 cm³/mol. The molecule has 3 aromatic rings. The van der Waals surface area contributed by atoms with Crippen LogP contribution in [0.3, 0.4) is 0 Å². The van der Waals surface area contributed by atoms with Crippen molar-refractivity contribution in [3.05, 3.63) is 65.7 Å². The molecule has 0 radical (unpaired) electrons. The van der Waals surface area contributed by atoms with Crippen LogP contribution in [0, 0.1) is 6.92 Å². The van der Waals surface area contributed by atoms with Crippen LogP contribution in [-0.4, -0.2) is 14.8 Å². The van der Waals surface area contributed by atoms with Crippen LogP contribution in [0.1, 0.15) is 5.82 Å². The third kappa shape index (κ3) is 2.51. The Hall–Kier alpha value is -2.33. The summed E-state index contributed by atoms with van der Waals surface area (Å²) in [5.41, 5.74) is 0.867. The number of rotatable bonds is 3. The normalized spacial score (nSPS) is 10.5. The third-order valence-corrected chi connectivity index (χ3v) is 3.08. The molecule has 0 fully saturated rings. The summed E-state index contributed by atoms with van der Waals surface area (Å²) in [5.74, 6) is 2.25. The van der Waals surface area contributed by atoms with Gasteiger partial charge in [0.25, 0.3) is 0 Å². The van der Waals surface area contributed by atoms with Crippen molar-refractivity contribution in [2.45, 2.75) is 6.92 Å². The molecule has 4 nitrogen and oxygen atoms in total. The lowest BCUT2D eigenvalue weighted by molar-refractivity contribution is 0.482. The minimum absolute atomic E-state index is 0.333. The summed E-state index contributed by atoms with van der Waals surface area (Å²) in [4.78, 5) is 0. The van der Waals surface area contributed by atoms with Crippen molar-refractivity contribution in [2.75, 3.05) is 0 Å². The smallest absolute Gasteiger partial charge is 0.229 e. The molecule has 0 saturated heterocycles. The van der Waals surface area contributed by atoms with Gasteiger partial charge in [0.1, 0.15) is 17.3 Å². The highest BCUT2D eigenvalue weighted by atomic mass is 35.5. The van der Waals surface area contributed by atoms with Gasteiger partial charge >= 0.3 is 0 Å². The zero-order chi connectivity index (χ0) is 13.9. The number of ether oxygens (including phenoxy) is 1. The van der Waals surface area contributed by atoms with Crippen molar-refractivity contribution in [1.82, 2.24) is 14.8 Å². The van der Waals surface area contributed by atoms with E-state index in [1.54, 1.807) is 4.57 Å². The first-order valence-electron chi connectivity index (χ1n) is 6.15. The minimum Gasteiger partial charge on any atom is -0.457 e. The van der Waals surface area contributed by atoms with E-state index in [0.29, 0.717) is 5.28 Å². The van der Waals surface area contributed by atoms with Gasteiger partial charge in [-0.15, -0.1) is 10.2 Å². The van der Waals surface area contributed by atoms with E-state index in [-0.39, 0.29) is 0 Å². The summed E-state index contributed by atoms with van der Waals surface area (Å²) in [5, 5.41) is 8.12. The first kappa shape index (κ1) is 12.7. The van der Waals surface area contributed by atoms with Crippen molar-refractivity contribution >= 4 is 11.6 Å².